The van der Waals surface area contributed by atoms with Gasteiger partial charge in [-0.15, -0.1) is 0 Å². The molecule has 3 nitrogen and oxygen atoms in total. The van der Waals surface area contributed by atoms with Crippen LogP contribution in [0, 0.1) is 0 Å². The van der Waals surface area contributed by atoms with Gasteiger partial charge in [-0.05, 0) is 36.9 Å². The second kappa shape index (κ2) is 6.71. The Kier molecular flexibility index (Phi) is 4.97. The topological polar surface area (TPSA) is 49.3 Å². The van der Waals surface area contributed by atoms with Crippen LogP contribution in [0.5, 0.6) is 0 Å². The van der Waals surface area contributed by atoms with Gasteiger partial charge in [0, 0.05) is 6.54 Å². The predicted molar refractivity (Wildman–Crippen MR) is 76.6 cm³/mol. The summed E-state index contributed by atoms with van der Waals surface area (Å²) in [7, 11) is 1.78. The highest BCUT2D eigenvalue weighted by Crippen LogP contribution is 2.33. The molecule has 1 aromatic carbocycles. The first-order valence-corrected chi connectivity index (χ1v) is 7.19. The maximum absolute atomic E-state index is 11.2. The van der Waals surface area contributed by atoms with Gasteiger partial charge in [-0.25, -0.2) is 0 Å². The van der Waals surface area contributed by atoms with Crippen LogP contribution in [0.3, 0.4) is 0 Å². The van der Waals surface area contributed by atoms with Crippen LogP contribution in [0.25, 0.3) is 0 Å². The van der Waals surface area contributed by atoms with E-state index in [-0.39, 0.29) is 0 Å². The molecule has 0 saturated heterocycles. The van der Waals surface area contributed by atoms with Crippen molar-refractivity contribution in [2.24, 2.45) is 0 Å². The quantitative estimate of drug-likeness (QED) is 0.856. The third-order valence-corrected chi connectivity index (χ3v) is 4.12. The molecule has 0 aromatic heterocycles. The van der Waals surface area contributed by atoms with Crippen molar-refractivity contribution in [3.63, 3.8) is 0 Å². The fraction of sp³-hybridized carbons (Fsp3) is 0.562. The molecule has 3 heteroatoms. The predicted octanol–water partition coefficient (Wildman–Crippen LogP) is 3.12. The smallest absolute Gasteiger partial charge is 0.312 e. The first-order chi connectivity index (χ1) is 9.22. The Hall–Kier alpha value is -1.35. The molecule has 0 aliphatic heterocycles. The third kappa shape index (κ3) is 3.57. The summed E-state index contributed by atoms with van der Waals surface area (Å²) >= 11 is 0. The van der Waals surface area contributed by atoms with Crippen LogP contribution in [0.15, 0.2) is 24.3 Å². The lowest BCUT2D eigenvalue weighted by Crippen LogP contribution is -2.24. The van der Waals surface area contributed by atoms with Crippen LogP contribution in [0.4, 0.5) is 0 Å². The molecule has 1 fully saturated rings. The maximum atomic E-state index is 11.2. The Balaban J connectivity index is 2.10. The molecule has 2 N–H and O–H groups in total. The van der Waals surface area contributed by atoms with Crippen molar-refractivity contribution in [1.29, 1.82) is 0 Å². The van der Waals surface area contributed by atoms with Gasteiger partial charge >= 0.3 is 5.97 Å². The molecule has 2 rings (SSSR count). The molecule has 1 aromatic rings. The largest absolute Gasteiger partial charge is 0.481 e. The number of carbonyl (C=O) groups is 1. The maximum Gasteiger partial charge on any atom is 0.312 e. The molecule has 0 radical (unpaired) electrons. The number of carboxylic acid groups (broad SMARTS) is 1. The summed E-state index contributed by atoms with van der Waals surface area (Å²) < 4.78 is 0. The number of nitrogens with one attached hydrogen (secondary N) is 1. The van der Waals surface area contributed by atoms with Gasteiger partial charge in [-0.2, -0.15) is 0 Å². The number of rotatable bonds is 5. The Labute approximate surface area is 115 Å². The molecule has 0 heterocycles. The zero-order chi connectivity index (χ0) is 13.7. The average molecular weight is 261 g/mol. The van der Waals surface area contributed by atoms with E-state index in [2.05, 4.69) is 17.4 Å². The SMILES string of the molecule is CNCC(C(=O)O)c1ccc(C2CCCCC2)cc1. The van der Waals surface area contributed by atoms with E-state index in [0.717, 1.165) is 5.56 Å². The number of hydrogen-bond acceptors (Lipinski definition) is 2. The monoisotopic (exact) mass is 261 g/mol. The highest BCUT2D eigenvalue weighted by molar-refractivity contribution is 5.76. The number of hydrogen-bond donors (Lipinski definition) is 2. The summed E-state index contributed by atoms with van der Waals surface area (Å²) in [6, 6.07) is 8.22. The lowest BCUT2D eigenvalue weighted by atomic mass is 9.83. The number of likely N-dealkylation sites (N-methyl/N-ethyl adjacent to an activating group) is 1. The second-order valence-electron chi connectivity index (χ2n) is 5.45. The van der Waals surface area contributed by atoms with E-state index < -0.39 is 11.9 Å². The Bertz CT molecular complexity index is 407. The summed E-state index contributed by atoms with van der Waals surface area (Å²) in [5.74, 6) is -0.541. The van der Waals surface area contributed by atoms with Crippen molar-refractivity contribution >= 4 is 5.97 Å². The summed E-state index contributed by atoms with van der Waals surface area (Å²) in [5, 5.41) is 12.2. The third-order valence-electron chi connectivity index (χ3n) is 4.12. The van der Waals surface area contributed by atoms with E-state index in [1.54, 1.807) is 7.05 Å². The van der Waals surface area contributed by atoms with Crippen molar-refractivity contribution < 1.29 is 9.90 Å². The minimum atomic E-state index is -0.764. The van der Waals surface area contributed by atoms with Gasteiger partial charge in [0.1, 0.15) is 0 Å². The Morgan fingerprint density at radius 1 is 1.26 bits per heavy atom. The van der Waals surface area contributed by atoms with Gasteiger partial charge < -0.3 is 10.4 Å². The molecule has 1 unspecified atom stereocenters. The first kappa shape index (κ1) is 14.1. The minimum Gasteiger partial charge on any atom is -0.481 e. The van der Waals surface area contributed by atoms with Gasteiger partial charge in [0.15, 0.2) is 0 Å². The molecule has 0 spiro atoms. The van der Waals surface area contributed by atoms with Gasteiger partial charge in [0.25, 0.3) is 0 Å². The lowest BCUT2D eigenvalue weighted by molar-refractivity contribution is -0.138. The zero-order valence-corrected chi connectivity index (χ0v) is 11.6. The molecule has 104 valence electrons. The van der Waals surface area contributed by atoms with E-state index in [9.17, 15) is 9.90 Å². The highest BCUT2D eigenvalue weighted by atomic mass is 16.4. The van der Waals surface area contributed by atoms with Crippen LogP contribution in [-0.4, -0.2) is 24.7 Å². The minimum absolute atomic E-state index is 0.453. The van der Waals surface area contributed by atoms with Gasteiger partial charge in [-0.1, -0.05) is 43.5 Å². The molecular weight excluding hydrogens is 238 g/mol. The van der Waals surface area contributed by atoms with Gasteiger partial charge in [0.05, 0.1) is 5.92 Å². The fourth-order valence-electron chi connectivity index (χ4n) is 2.99. The van der Waals surface area contributed by atoms with E-state index in [1.165, 1.54) is 37.7 Å². The van der Waals surface area contributed by atoms with E-state index >= 15 is 0 Å². The van der Waals surface area contributed by atoms with Crippen molar-refractivity contribution in [3.05, 3.63) is 35.4 Å². The summed E-state index contributed by atoms with van der Waals surface area (Å²) in [6.45, 7) is 0.470. The highest BCUT2D eigenvalue weighted by Gasteiger charge is 2.20. The number of carboxylic acids is 1. The lowest BCUT2D eigenvalue weighted by Gasteiger charge is -2.22. The second-order valence-corrected chi connectivity index (χ2v) is 5.45. The van der Waals surface area contributed by atoms with Gasteiger partial charge in [-0.3, -0.25) is 4.79 Å². The standard InChI is InChI=1S/C16H23NO2/c1-17-11-15(16(18)19)14-9-7-13(8-10-14)12-5-3-2-4-6-12/h7-10,12,15,17H,2-6,11H2,1H3,(H,18,19). The van der Waals surface area contributed by atoms with Gasteiger partial charge in [0.2, 0.25) is 0 Å². The molecule has 1 aliphatic carbocycles. The average Bonchev–Trinajstić information content (AvgIpc) is 2.46. The number of aliphatic carboxylic acids is 1. The summed E-state index contributed by atoms with van der Waals surface area (Å²) in [5.41, 5.74) is 2.26. The zero-order valence-electron chi connectivity index (χ0n) is 11.6. The van der Waals surface area contributed by atoms with Crippen LogP contribution in [0.1, 0.15) is 55.1 Å². The fourth-order valence-corrected chi connectivity index (χ4v) is 2.99. The van der Waals surface area contributed by atoms with E-state index in [4.69, 9.17) is 0 Å². The Morgan fingerprint density at radius 2 is 1.89 bits per heavy atom. The molecule has 0 amide bonds. The van der Waals surface area contributed by atoms with Crippen molar-refractivity contribution in [3.8, 4) is 0 Å². The molecule has 1 aliphatic rings. The molecule has 19 heavy (non-hydrogen) atoms. The van der Waals surface area contributed by atoms with Crippen molar-refractivity contribution in [2.75, 3.05) is 13.6 Å². The normalized spacial score (nSPS) is 18.2. The van der Waals surface area contributed by atoms with Crippen LogP contribution in [0.2, 0.25) is 0 Å². The Morgan fingerprint density at radius 3 is 2.42 bits per heavy atom. The van der Waals surface area contributed by atoms with Crippen LogP contribution < -0.4 is 5.32 Å². The summed E-state index contributed by atoms with van der Waals surface area (Å²) in [4.78, 5) is 11.2. The van der Waals surface area contributed by atoms with E-state index in [0.29, 0.717) is 12.5 Å². The molecule has 1 saturated carbocycles. The summed E-state index contributed by atoms with van der Waals surface area (Å²) in [6.07, 6.45) is 6.56. The molecule has 1 atom stereocenters. The molecular formula is C16H23NO2. The van der Waals surface area contributed by atoms with Crippen molar-refractivity contribution in [2.45, 2.75) is 43.9 Å². The first-order valence-electron chi connectivity index (χ1n) is 7.19. The van der Waals surface area contributed by atoms with Crippen LogP contribution in [-0.2, 0) is 4.79 Å². The number of benzene rings is 1. The van der Waals surface area contributed by atoms with Crippen LogP contribution >= 0.6 is 0 Å². The van der Waals surface area contributed by atoms with Crippen molar-refractivity contribution in [1.82, 2.24) is 5.32 Å². The molecule has 0 bridgehead atoms. The van der Waals surface area contributed by atoms with E-state index in [1.807, 2.05) is 12.1 Å².